The highest BCUT2D eigenvalue weighted by Crippen LogP contribution is 1.89. The van der Waals surface area contributed by atoms with E-state index in [1.165, 1.54) is 0 Å². The van der Waals surface area contributed by atoms with Gasteiger partial charge in [-0.05, 0) is 12.8 Å². The molecule has 0 spiro atoms. The molecule has 0 atom stereocenters. The van der Waals surface area contributed by atoms with Crippen molar-refractivity contribution in [2.75, 3.05) is 5.88 Å². The minimum Gasteiger partial charge on any atom is -0.326 e. The van der Waals surface area contributed by atoms with Crippen LogP contribution in [-0.2, 0) is 0 Å². The predicted octanol–water partition coefficient (Wildman–Crippen LogP) is 1.13. The molecule has 2 heteroatoms. The first kappa shape index (κ1) is 6.25. The van der Waals surface area contributed by atoms with Crippen LogP contribution in [0.25, 0.3) is 0 Å². The van der Waals surface area contributed by atoms with Gasteiger partial charge in [-0.15, -0.1) is 11.6 Å². The van der Waals surface area contributed by atoms with Crippen LogP contribution in [0.1, 0.15) is 12.8 Å². The van der Waals surface area contributed by atoms with E-state index in [0.717, 1.165) is 12.8 Å². The maximum atomic E-state index is 5.30. The molecular formula is C4H9ClN. The maximum absolute atomic E-state index is 5.30. The van der Waals surface area contributed by atoms with Crippen LogP contribution in [0.5, 0.6) is 0 Å². The van der Waals surface area contributed by atoms with Crippen LogP contribution in [0.4, 0.5) is 0 Å². The SMILES string of the molecule is N[CH]CCCCl. The summed E-state index contributed by atoms with van der Waals surface area (Å²) in [5.74, 6) is 0.716. The molecule has 6 heavy (non-hydrogen) atoms. The summed E-state index contributed by atoms with van der Waals surface area (Å²) in [6, 6.07) is 0. The van der Waals surface area contributed by atoms with Gasteiger partial charge in [-0.2, -0.15) is 0 Å². The lowest BCUT2D eigenvalue weighted by molar-refractivity contribution is 0.894. The zero-order valence-electron chi connectivity index (χ0n) is 3.65. The van der Waals surface area contributed by atoms with E-state index in [4.69, 9.17) is 17.3 Å². The van der Waals surface area contributed by atoms with Gasteiger partial charge in [-0.1, -0.05) is 0 Å². The van der Waals surface area contributed by atoms with Crippen LogP contribution in [0.15, 0.2) is 0 Å². The van der Waals surface area contributed by atoms with Gasteiger partial charge >= 0.3 is 0 Å². The van der Waals surface area contributed by atoms with E-state index in [1.54, 1.807) is 6.54 Å². The van der Waals surface area contributed by atoms with Crippen molar-refractivity contribution in [2.45, 2.75) is 12.8 Å². The topological polar surface area (TPSA) is 26.0 Å². The average Bonchev–Trinajstić information content (AvgIpc) is 1.61. The van der Waals surface area contributed by atoms with Gasteiger partial charge in [0.25, 0.3) is 0 Å². The van der Waals surface area contributed by atoms with E-state index in [-0.39, 0.29) is 0 Å². The van der Waals surface area contributed by atoms with Crippen molar-refractivity contribution >= 4 is 11.6 Å². The van der Waals surface area contributed by atoms with Gasteiger partial charge in [0.2, 0.25) is 0 Å². The second kappa shape index (κ2) is 5.25. The lowest BCUT2D eigenvalue weighted by atomic mass is 10.3. The fourth-order valence-corrected chi connectivity index (χ4v) is 0.349. The molecule has 0 rings (SSSR count). The lowest BCUT2D eigenvalue weighted by Crippen LogP contribution is -1.88. The molecule has 0 saturated carbocycles. The van der Waals surface area contributed by atoms with Crippen molar-refractivity contribution < 1.29 is 0 Å². The third kappa shape index (κ3) is 4.25. The molecule has 0 aromatic carbocycles. The summed E-state index contributed by atoms with van der Waals surface area (Å²) < 4.78 is 0. The molecule has 0 aromatic rings. The molecule has 0 unspecified atom stereocenters. The third-order valence-corrected chi connectivity index (χ3v) is 0.772. The summed E-state index contributed by atoms with van der Waals surface area (Å²) in [5.41, 5.74) is 5.03. The maximum Gasteiger partial charge on any atom is 0.0224 e. The van der Waals surface area contributed by atoms with Crippen molar-refractivity contribution in [1.82, 2.24) is 0 Å². The van der Waals surface area contributed by atoms with Crippen LogP contribution >= 0.6 is 11.6 Å². The van der Waals surface area contributed by atoms with E-state index >= 15 is 0 Å². The molecule has 37 valence electrons. The van der Waals surface area contributed by atoms with Crippen LogP contribution < -0.4 is 5.73 Å². The average molecular weight is 107 g/mol. The van der Waals surface area contributed by atoms with E-state index in [2.05, 4.69) is 0 Å². The van der Waals surface area contributed by atoms with Crippen molar-refractivity contribution in [2.24, 2.45) is 5.73 Å². The van der Waals surface area contributed by atoms with Gasteiger partial charge < -0.3 is 5.73 Å². The Morgan fingerprint density at radius 2 is 2.33 bits per heavy atom. The smallest absolute Gasteiger partial charge is 0.0224 e. The number of alkyl halides is 1. The molecule has 0 saturated heterocycles. The number of nitrogens with two attached hydrogens (primary N) is 1. The van der Waals surface area contributed by atoms with E-state index in [9.17, 15) is 0 Å². The Morgan fingerprint density at radius 3 is 2.50 bits per heavy atom. The summed E-state index contributed by atoms with van der Waals surface area (Å²) in [4.78, 5) is 0. The lowest BCUT2D eigenvalue weighted by Gasteiger charge is -1.84. The molecule has 0 amide bonds. The largest absolute Gasteiger partial charge is 0.326 e. The molecule has 1 nitrogen and oxygen atoms in total. The zero-order chi connectivity index (χ0) is 4.83. The number of rotatable bonds is 3. The summed E-state index contributed by atoms with van der Waals surface area (Å²) in [6.07, 6.45) is 1.93. The number of hydrogen-bond acceptors (Lipinski definition) is 1. The highest BCUT2D eigenvalue weighted by Gasteiger charge is 1.77. The highest BCUT2D eigenvalue weighted by molar-refractivity contribution is 6.17. The van der Waals surface area contributed by atoms with Gasteiger partial charge in [0.15, 0.2) is 0 Å². The Balaban J connectivity index is 2.34. The highest BCUT2D eigenvalue weighted by atomic mass is 35.5. The normalized spacial score (nSPS) is 9.00. The molecule has 0 aliphatic heterocycles. The van der Waals surface area contributed by atoms with Crippen LogP contribution in [0.3, 0.4) is 0 Å². The Hall–Kier alpha value is 0.250. The van der Waals surface area contributed by atoms with Crippen LogP contribution in [0.2, 0.25) is 0 Å². The third-order valence-electron chi connectivity index (χ3n) is 0.504. The Bertz CT molecular complexity index is 19.5. The van der Waals surface area contributed by atoms with Crippen molar-refractivity contribution in [3.63, 3.8) is 0 Å². The summed E-state index contributed by atoms with van der Waals surface area (Å²) >= 11 is 5.30. The fourth-order valence-electron chi connectivity index (χ4n) is 0.195. The van der Waals surface area contributed by atoms with E-state index in [1.807, 2.05) is 0 Å². The molecule has 0 aliphatic rings. The second-order valence-electron chi connectivity index (χ2n) is 1.07. The van der Waals surface area contributed by atoms with Gasteiger partial charge in [0, 0.05) is 12.4 Å². The minimum absolute atomic E-state index is 0.716. The van der Waals surface area contributed by atoms with Gasteiger partial charge in [0.05, 0.1) is 0 Å². The number of halogens is 1. The quantitative estimate of drug-likeness (QED) is 0.424. The first-order valence-electron chi connectivity index (χ1n) is 2.01. The fraction of sp³-hybridized carbons (Fsp3) is 0.750. The Morgan fingerprint density at radius 1 is 1.67 bits per heavy atom. The monoisotopic (exact) mass is 106 g/mol. The van der Waals surface area contributed by atoms with Gasteiger partial charge in [0.1, 0.15) is 0 Å². The Kier molecular flexibility index (Phi) is 5.47. The Labute approximate surface area is 43.5 Å². The first-order valence-corrected chi connectivity index (χ1v) is 2.54. The molecule has 0 fully saturated rings. The summed E-state index contributed by atoms with van der Waals surface area (Å²) in [5, 5.41) is 0. The molecule has 0 bridgehead atoms. The minimum atomic E-state index is 0.716. The summed E-state index contributed by atoms with van der Waals surface area (Å²) in [6.45, 7) is 1.63. The number of unbranched alkanes of at least 4 members (excludes halogenated alkanes) is 1. The van der Waals surface area contributed by atoms with Crippen molar-refractivity contribution in [3.8, 4) is 0 Å². The molecule has 0 heterocycles. The van der Waals surface area contributed by atoms with Crippen LogP contribution in [-0.4, -0.2) is 5.88 Å². The number of hydrogen-bond donors (Lipinski definition) is 1. The predicted molar refractivity (Wildman–Crippen MR) is 28.4 cm³/mol. The summed E-state index contributed by atoms with van der Waals surface area (Å²) in [7, 11) is 0. The zero-order valence-corrected chi connectivity index (χ0v) is 4.41. The van der Waals surface area contributed by atoms with Gasteiger partial charge in [-0.25, -0.2) is 0 Å². The van der Waals surface area contributed by atoms with Crippen LogP contribution in [0, 0.1) is 6.54 Å². The molecule has 0 aliphatic carbocycles. The standard InChI is InChI=1S/C4H9ClN/c5-3-1-2-4-6/h4H,1-3,6H2. The molecular weight excluding hydrogens is 97.5 g/mol. The molecule has 1 radical (unpaired) electrons. The molecule has 2 N–H and O–H groups in total. The van der Waals surface area contributed by atoms with E-state index < -0.39 is 0 Å². The van der Waals surface area contributed by atoms with Crippen molar-refractivity contribution in [1.29, 1.82) is 0 Å². The van der Waals surface area contributed by atoms with Gasteiger partial charge in [-0.3, -0.25) is 0 Å². The molecule has 0 aromatic heterocycles. The second-order valence-corrected chi connectivity index (χ2v) is 1.44. The van der Waals surface area contributed by atoms with E-state index in [0.29, 0.717) is 5.88 Å². The first-order chi connectivity index (χ1) is 2.91. The van der Waals surface area contributed by atoms with Crippen molar-refractivity contribution in [3.05, 3.63) is 6.54 Å².